The van der Waals surface area contributed by atoms with E-state index in [0.29, 0.717) is 17.8 Å². The van der Waals surface area contributed by atoms with E-state index in [1.54, 1.807) is 0 Å². The molecule has 0 bridgehead atoms. The number of amides is 1. The van der Waals surface area contributed by atoms with E-state index in [9.17, 15) is 4.79 Å². The number of carbonyl (C=O) groups excluding carboxylic acids is 1. The summed E-state index contributed by atoms with van der Waals surface area (Å²) < 4.78 is 10.7. The van der Waals surface area contributed by atoms with E-state index in [2.05, 4.69) is 25.5 Å². The van der Waals surface area contributed by atoms with Crippen LogP contribution < -0.4 is 26.0 Å². The smallest absolute Gasteiger partial charge is 0.257 e. The molecule has 2 fully saturated rings. The second kappa shape index (κ2) is 7.89. The summed E-state index contributed by atoms with van der Waals surface area (Å²) in [4.78, 5) is 22.9. The summed E-state index contributed by atoms with van der Waals surface area (Å²) in [6.07, 6.45) is 2.08. The van der Waals surface area contributed by atoms with Crippen LogP contribution in [0.5, 0.6) is 5.88 Å². The average molecular weight is 384 g/mol. The molecule has 1 aliphatic carbocycles. The fraction of sp³-hybridized carbons (Fsp3) is 0.421. The number of nitrogens with zero attached hydrogens (tertiary/aromatic N) is 3. The summed E-state index contributed by atoms with van der Waals surface area (Å²) in [7, 11) is 1.45. The topological polar surface area (TPSA) is 115 Å². The Labute approximate surface area is 163 Å². The summed E-state index contributed by atoms with van der Waals surface area (Å²) >= 11 is 0. The van der Waals surface area contributed by atoms with E-state index in [-0.39, 0.29) is 11.4 Å². The third-order valence-corrected chi connectivity index (χ3v) is 4.73. The average Bonchev–Trinajstić information content (AvgIpc) is 3.52. The number of morpholine rings is 1. The molecular formula is C19H24N6O3. The van der Waals surface area contributed by atoms with Gasteiger partial charge in [-0.1, -0.05) is 0 Å². The van der Waals surface area contributed by atoms with Gasteiger partial charge in [-0.25, -0.2) is 0 Å². The van der Waals surface area contributed by atoms with Crippen molar-refractivity contribution in [2.75, 3.05) is 48.9 Å². The highest BCUT2D eigenvalue weighted by Crippen LogP contribution is 2.31. The number of carbonyl (C=O) groups is 1. The molecule has 1 aromatic carbocycles. The lowest BCUT2D eigenvalue weighted by atomic mass is 10.2. The largest absolute Gasteiger partial charge is 0.480 e. The number of hydrogen-bond donors (Lipinski definition) is 3. The molecule has 1 aliphatic heterocycles. The highest BCUT2D eigenvalue weighted by atomic mass is 16.5. The molecule has 148 valence electrons. The van der Waals surface area contributed by atoms with Gasteiger partial charge in [-0.3, -0.25) is 4.79 Å². The predicted molar refractivity (Wildman–Crippen MR) is 107 cm³/mol. The molecule has 1 saturated heterocycles. The standard InChI is InChI=1S/C19H24N6O3/c1-27-18-15(16(20)26)17(21-12-2-3-12)23-19(24-18)22-13-4-6-14(7-5-13)25-8-10-28-11-9-25/h4-7,12H,2-3,8-11H2,1H3,(H2,20,26)(H2,21,22,23,24). The maximum atomic E-state index is 11.8. The van der Waals surface area contributed by atoms with Crippen LogP contribution in [-0.4, -0.2) is 55.3 Å². The van der Waals surface area contributed by atoms with Crippen molar-refractivity contribution in [3.8, 4) is 5.88 Å². The number of aromatic nitrogens is 2. The van der Waals surface area contributed by atoms with Crippen molar-refractivity contribution in [3.05, 3.63) is 29.8 Å². The molecule has 2 aromatic rings. The number of benzene rings is 1. The van der Waals surface area contributed by atoms with Gasteiger partial charge in [0.05, 0.1) is 20.3 Å². The van der Waals surface area contributed by atoms with E-state index >= 15 is 0 Å². The van der Waals surface area contributed by atoms with Gasteiger partial charge < -0.3 is 30.7 Å². The van der Waals surface area contributed by atoms with Crippen molar-refractivity contribution in [3.63, 3.8) is 0 Å². The summed E-state index contributed by atoms with van der Waals surface area (Å²) in [6.45, 7) is 3.27. The Balaban J connectivity index is 1.55. The molecule has 9 heteroatoms. The molecule has 0 atom stereocenters. The molecule has 0 spiro atoms. The second-order valence-corrected chi connectivity index (χ2v) is 6.83. The lowest BCUT2D eigenvalue weighted by molar-refractivity contribution is 0.0997. The maximum absolute atomic E-state index is 11.8. The Hall–Kier alpha value is -3.07. The summed E-state index contributed by atoms with van der Waals surface area (Å²) in [5.41, 5.74) is 7.66. The van der Waals surface area contributed by atoms with Crippen LogP contribution in [0.3, 0.4) is 0 Å². The van der Waals surface area contributed by atoms with E-state index in [1.807, 2.05) is 24.3 Å². The Morgan fingerprint density at radius 2 is 1.93 bits per heavy atom. The Bertz CT molecular complexity index is 847. The minimum atomic E-state index is -0.624. The number of ether oxygens (including phenoxy) is 2. The van der Waals surface area contributed by atoms with E-state index in [0.717, 1.165) is 50.5 Å². The molecule has 0 unspecified atom stereocenters. The number of methoxy groups -OCH3 is 1. The van der Waals surface area contributed by atoms with Crippen molar-refractivity contribution in [1.82, 2.24) is 9.97 Å². The number of rotatable bonds is 7. The SMILES string of the molecule is COc1nc(Nc2ccc(N3CCOCC3)cc2)nc(NC2CC2)c1C(N)=O. The third kappa shape index (κ3) is 4.09. The number of hydrogen-bond acceptors (Lipinski definition) is 8. The van der Waals surface area contributed by atoms with Crippen LogP contribution in [0.4, 0.5) is 23.1 Å². The number of nitrogens with one attached hydrogen (secondary N) is 2. The van der Waals surface area contributed by atoms with Gasteiger partial charge in [0.25, 0.3) is 5.91 Å². The van der Waals surface area contributed by atoms with Crippen LogP contribution >= 0.6 is 0 Å². The van der Waals surface area contributed by atoms with E-state index in [1.165, 1.54) is 7.11 Å². The van der Waals surface area contributed by atoms with Crippen molar-refractivity contribution >= 4 is 29.0 Å². The quantitative estimate of drug-likeness (QED) is 0.661. The van der Waals surface area contributed by atoms with Gasteiger partial charge in [0.1, 0.15) is 11.4 Å². The summed E-state index contributed by atoms with van der Waals surface area (Å²) in [6, 6.07) is 8.34. The van der Waals surface area contributed by atoms with Gasteiger partial charge in [-0.2, -0.15) is 9.97 Å². The number of nitrogens with two attached hydrogens (primary N) is 1. The minimum Gasteiger partial charge on any atom is -0.480 e. The zero-order chi connectivity index (χ0) is 19.5. The second-order valence-electron chi connectivity index (χ2n) is 6.83. The minimum absolute atomic E-state index is 0.151. The first kappa shape index (κ1) is 18.3. The van der Waals surface area contributed by atoms with Crippen LogP contribution in [0.15, 0.2) is 24.3 Å². The summed E-state index contributed by atoms with van der Waals surface area (Å²) in [5, 5.41) is 6.40. The Kier molecular flexibility index (Phi) is 5.16. The molecule has 4 rings (SSSR count). The fourth-order valence-corrected chi connectivity index (χ4v) is 3.10. The Morgan fingerprint density at radius 1 is 1.21 bits per heavy atom. The predicted octanol–water partition coefficient (Wildman–Crippen LogP) is 1.74. The lowest BCUT2D eigenvalue weighted by Gasteiger charge is -2.28. The monoisotopic (exact) mass is 384 g/mol. The van der Waals surface area contributed by atoms with Gasteiger partial charge >= 0.3 is 0 Å². The van der Waals surface area contributed by atoms with Crippen molar-refractivity contribution in [2.45, 2.75) is 18.9 Å². The highest BCUT2D eigenvalue weighted by molar-refractivity contribution is 6.00. The highest BCUT2D eigenvalue weighted by Gasteiger charge is 2.27. The normalized spacial score (nSPS) is 16.5. The zero-order valence-electron chi connectivity index (χ0n) is 15.8. The van der Waals surface area contributed by atoms with Gasteiger partial charge in [-0.15, -0.1) is 0 Å². The molecular weight excluding hydrogens is 360 g/mol. The fourth-order valence-electron chi connectivity index (χ4n) is 3.10. The van der Waals surface area contributed by atoms with Gasteiger partial charge in [0, 0.05) is 30.5 Å². The number of anilines is 4. The van der Waals surface area contributed by atoms with Crippen molar-refractivity contribution in [1.29, 1.82) is 0 Å². The van der Waals surface area contributed by atoms with E-state index < -0.39 is 5.91 Å². The Morgan fingerprint density at radius 3 is 2.54 bits per heavy atom. The molecule has 1 aromatic heterocycles. The molecule has 0 radical (unpaired) electrons. The maximum Gasteiger partial charge on any atom is 0.257 e. The van der Waals surface area contributed by atoms with Crippen LogP contribution in [-0.2, 0) is 4.74 Å². The molecule has 2 aliphatic rings. The van der Waals surface area contributed by atoms with Crippen LogP contribution in [0, 0.1) is 0 Å². The van der Waals surface area contributed by atoms with Gasteiger partial charge in [0.2, 0.25) is 11.8 Å². The van der Waals surface area contributed by atoms with Gasteiger partial charge in [-0.05, 0) is 37.1 Å². The summed E-state index contributed by atoms with van der Waals surface area (Å²) in [5.74, 6) is 0.262. The molecule has 28 heavy (non-hydrogen) atoms. The van der Waals surface area contributed by atoms with Crippen LogP contribution in [0.1, 0.15) is 23.2 Å². The van der Waals surface area contributed by atoms with Gasteiger partial charge in [0.15, 0.2) is 0 Å². The lowest BCUT2D eigenvalue weighted by Crippen LogP contribution is -2.36. The molecule has 2 heterocycles. The first-order chi connectivity index (χ1) is 13.6. The molecule has 1 saturated carbocycles. The van der Waals surface area contributed by atoms with Crippen molar-refractivity contribution in [2.24, 2.45) is 5.73 Å². The first-order valence-electron chi connectivity index (χ1n) is 9.36. The first-order valence-corrected chi connectivity index (χ1v) is 9.36. The molecule has 1 amide bonds. The third-order valence-electron chi connectivity index (χ3n) is 4.73. The van der Waals surface area contributed by atoms with Crippen LogP contribution in [0.2, 0.25) is 0 Å². The van der Waals surface area contributed by atoms with E-state index in [4.69, 9.17) is 15.2 Å². The molecule has 9 nitrogen and oxygen atoms in total. The van der Waals surface area contributed by atoms with Crippen molar-refractivity contribution < 1.29 is 14.3 Å². The molecule has 4 N–H and O–H groups in total. The number of primary amides is 1. The zero-order valence-corrected chi connectivity index (χ0v) is 15.8. The van der Waals surface area contributed by atoms with Crippen LogP contribution in [0.25, 0.3) is 0 Å².